The van der Waals surface area contributed by atoms with Crippen LogP contribution in [0, 0.1) is 0 Å². The first kappa shape index (κ1) is 20.2. The fourth-order valence-corrected chi connectivity index (χ4v) is 3.60. The molecule has 1 saturated heterocycles. The van der Waals surface area contributed by atoms with E-state index in [1.807, 2.05) is 0 Å². The van der Waals surface area contributed by atoms with E-state index in [4.69, 9.17) is 20.5 Å². The number of carbonyl (C=O) groups excluding carboxylic acids is 2. The van der Waals surface area contributed by atoms with Crippen LogP contribution in [0.15, 0.2) is 51.6 Å². The number of amides is 2. The Morgan fingerprint density at radius 1 is 1.23 bits per heavy atom. The summed E-state index contributed by atoms with van der Waals surface area (Å²) in [5, 5.41) is 7.42. The van der Waals surface area contributed by atoms with E-state index >= 15 is 0 Å². The summed E-state index contributed by atoms with van der Waals surface area (Å²) in [7, 11) is 0. The highest BCUT2D eigenvalue weighted by Gasteiger charge is 2.33. The fourth-order valence-electron chi connectivity index (χ4n) is 3.47. The third kappa shape index (κ3) is 4.71. The van der Waals surface area contributed by atoms with Crippen LogP contribution in [-0.4, -0.2) is 39.4 Å². The summed E-state index contributed by atoms with van der Waals surface area (Å²) in [5.41, 5.74) is 0.786. The van der Waals surface area contributed by atoms with Crippen LogP contribution < -0.4 is 5.32 Å². The van der Waals surface area contributed by atoms with Gasteiger partial charge in [-0.15, -0.1) is 0 Å². The number of rotatable bonds is 7. The maximum Gasteiger partial charge on any atom is 0.243 e. The molecule has 3 aromatic rings. The van der Waals surface area contributed by atoms with Gasteiger partial charge in [-0.25, -0.2) is 0 Å². The van der Waals surface area contributed by atoms with Crippen molar-refractivity contribution in [2.45, 2.75) is 38.3 Å². The number of hydrogen-bond acceptors (Lipinski definition) is 6. The van der Waals surface area contributed by atoms with Crippen LogP contribution >= 0.6 is 11.6 Å². The molecule has 0 aliphatic carbocycles. The number of benzene rings is 1. The summed E-state index contributed by atoms with van der Waals surface area (Å²) < 4.78 is 10.5. The zero-order valence-corrected chi connectivity index (χ0v) is 17.0. The van der Waals surface area contributed by atoms with Crippen molar-refractivity contribution in [2.75, 3.05) is 6.54 Å². The molecule has 1 fully saturated rings. The van der Waals surface area contributed by atoms with E-state index in [1.54, 1.807) is 47.6 Å². The van der Waals surface area contributed by atoms with Gasteiger partial charge in [0.05, 0.1) is 12.8 Å². The maximum absolute atomic E-state index is 12.7. The molecule has 8 nitrogen and oxygen atoms in total. The molecule has 0 radical (unpaired) electrons. The highest BCUT2D eigenvalue weighted by Crippen LogP contribution is 2.21. The molecule has 9 heteroatoms. The van der Waals surface area contributed by atoms with Crippen molar-refractivity contribution in [1.29, 1.82) is 0 Å². The normalized spacial score (nSPS) is 16.0. The van der Waals surface area contributed by atoms with Gasteiger partial charge in [0.25, 0.3) is 0 Å². The van der Waals surface area contributed by atoms with Gasteiger partial charge >= 0.3 is 0 Å². The van der Waals surface area contributed by atoms with Gasteiger partial charge in [0, 0.05) is 30.0 Å². The van der Waals surface area contributed by atoms with Crippen molar-refractivity contribution in [3.63, 3.8) is 0 Å². The molecule has 4 rings (SSSR count). The number of hydrogen-bond donors (Lipinski definition) is 1. The highest BCUT2D eigenvalue weighted by atomic mass is 35.5. The van der Waals surface area contributed by atoms with Crippen LogP contribution in [0.5, 0.6) is 0 Å². The predicted molar refractivity (Wildman–Crippen MR) is 108 cm³/mol. The van der Waals surface area contributed by atoms with Crippen LogP contribution in [0.2, 0.25) is 5.02 Å². The number of aryl methyl sites for hydroxylation is 1. The standard InChI is InChI=1S/C21H21ClN4O4/c22-15-7-5-14(6-8-15)20-24-18(30-25-20)9-10-19(27)26-11-1-4-17(26)21(28)23-13-16-3-2-12-29-16/h2-3,5-8,12,17H,1,4,9-11,13H2,(H,23,28). The number of halogens is 1. The van der Waals surface area contributed by atoms with Gasteiger partial charge in [0.15, 0.2) is 0 Å². The summed E-state index contributed by atoms with van der Waals surface area (Å²) in [4.78, 5) is 31.2. The minimum absolute atomic E-state index is 0.100. The highest BCUT2D eigenvalue weighted by molar-refractivity contribution is 6.30. The summed E-state index contributed by atoms with van der Waals surface area (Å²) in [6.45, 7) is 0.872. The third-order valence-electron chi connectivity index (χ3n) is 5.02. The molecule has 1 N–H and O–H groups in total. The largest absolute Gasteiger partial charge is 0.467 e. The van der Waals surface area contributed by atoms with E-state index in [1.165, 1.54) is 0 Å². The van der Waals surface area contributed by atoms with Gasteiger partial charge in [-0.05, 0) is 49.2 Å². The Kier molecular flexibility index (Phi) is 6.13. The molecular weight excluding hydrogens is 408 g/mol. The molecule has 2 amide bonds. The summed E-state index contributed by atoms with van der Waals surface area (Å²) >= 11 is 5.89. The van der Waals surface area contributed by atoms with Gasteiger partial charge in [0.1, 0.15) is 11.8 Å². The number of aromatic nitrogens is 2. The van der Waals surface area contributed by atoms with Crippen LogP contribution in [0.25, 0.3) is 11.4 Å². The molecule has 2 aromatic heterocycles. The summed E-state index contributed by atoms with van der Waals surface area (Å²) in [6.07, 6.45) is 3.52. The Bertz CT molecular complexity index is 1000. The van der Waals surface area contributed by atoms with E-state index in [2.05, 4.69) is 15.5 Å². The molecule has 3 heterocycles. The summed E-state index contributed by atoms with van der Waals surface area (Å²) in [5.74, 6) is 1.24. The minimum Gasteiger partial charge on any atom is -0.467 e. The van der Waals surface area contributed by atoms with Crippen LogP contribution in [-0.2, 0) is 22.6 Å². The van der Waals surface area contributed by atoms with E-state index in [9.17, 15) is 9.59 Å². The number of furan rings is 1. The molecule has 1 aliphatic heterocycles. The van der Waals surface area contributed by atoms with Gasteiger partial charge in [-0.3, -0.25) is 9.59 Å². The van der Waals surface area contributed by atoms with Crippen molar-refractivity contribution in [2.24, 2.45) is 0 Å². The smallest absolute Gasteiger partial charge is 0.243 e. The van der Waals surface area contributed by atoms with Crippen LogP contribution in [0.1, 0.15) is 30.9 Å². The van der Waals surface area contributed by atoms with Crippen LogP contribution in [0.3, 0.4) is 0 Å². The minimum atomic E-state index is -0.459. The third-order valence-corrected chi connectivity index (χ3v) is 5.27. The zero-order valence-electron chi connectivity index (χ0n) is 16.2. The van der Waals surface area contributed by atoms with E-state index in [0.29, 0.717) is 48.4 Å². The molecule has 1 atom stereocenters. The first-order valence-electron chi connectivity index (χ1n) is 9.78. The van der Waals surface area contributed by atoms with Crippen molar-refractivity contribution < 1.29 is 18.5 Å². The fraction of sp³-hybridized carbons (Fsp3) is 0.333. The lowest BCUT2D eigenvalue weighted by molar-refractivity contribution is -0.138. The second-order valence-electron chi connectivity index (χ2n) is 7.06. The van der Waals surface area contributed by atoms with Crippen molar-refractivity contribution in [3.8, 4) is 11.4 Å². The Labute approximate surface area is 178 Å². The predicted octanol–water partition coefficient (Wildman–Crippen LogP) is 3.22. The molecule has 30 heavy (non-hydrogen) atoms. The second-order valence-corrected chi connectivity index (χ2v) is 7.50. The van der Waals surface area contributed by atoms with Crippen molar-refractivity contribution in [3.05, 3.63) is 59.3 Å². The number of nitrogens with one attached hydrogen (secondary N) is 1. The van der Waals surface area contributed by atoms with Gasteiger partial charge in [-0.2, -0.15) is 4.98 Å². The van der Waals surface area contributed by atoms with Crippen LogP contribution in [0.4, 0.5) is 0 Å². The molecule has 0 bridgehead atoms. The Morgan fingerprint density at radius 3 is 2.83 bits per heavy atom. The van der Waals surface area contributed by atoms with Gasteiger partial charge < -0.3 is 19.2 Å². The maximum atomic E-state index is 12.7. The van der Waals surface area contributed by atoms with Crippen molar-refractivity contribution in [1.82, 2.24) is 20.4 Å². The molecule has 1 aliphatic rings. The SMILES string of the molecule is O=C(NCc1ccco1)C1CCCN1C(=O)CCc1nc(-c2ccc(Cl)cc2)no1. The lowest BCUT2D eigenvalue weighted by Crippen LogP contribution is -2.45. The van der Waals surface area contributed by atoms with E-state index < -0.39 is 6.04 Å². The quantitative estimate of drug-likeness (QED) is 0.620. The van der Waals surface area contributed by atoms with Gasteiger partial charge in [-0.1, -0.05) is 16.8 Å². The molecule has 0 spiro atoms. The lowest BCUT2D eigenvalue weighted by Gasteiger charge is -2.23. The van der Waals surface area contributed by atoms with Gasteiger partial charge in [0.2, 0.25) is 23.5 Å². The Morgan fingerprint density at radius 2 is 2.07 bits per heavy atom. The number of nitrogens with zero attached hydrogens (tertiary/aromatic N) is 3. The van der Waals surface area contributed by atoms with E-state index in [-0.39, 0.29) is 18.2 Å². The first-order valence-corrected chi connectivity index (χ1v) is 10.2. The molecule has 156 valence electrons. The monoisotopic (exact) mass is 428 g/mol. The lowest BCUT2D eigenvalue weighted by atomic mass is 10.2. The molecule has 1 unspecified atom stereocenters. The molecule has 1 aromatic carbocycles. The topological polar surface area (TPSA) is 101 Å². The average molecular weight is 429 g/mol. The summed E-state index contributed by atoms with van der Waals surface area (Å²) in [6, 6.07) is 10.2. The number of likely N-dealkylation sites (tertiary alicyclic amines) is 1. The Hall–Kier alpha value is -3.13. The Balaban J connectivity index is 1.31. The second kappa shape index (κ2) is 9.13. The molecular formula is C21H21ClN4O4. The van der Waals surface area contributed by atoms with Crippen molar-refractivity contribution >= 4 is 23.4 Å². The number of carbonyl (C=O) groups is 2. The van der Waals surface area contributed by atoms with E-state index in [0.717, 1.165) is 12.0 Å². The first-order chi connectivity index (χ1) is 14.6. The zero-order chi connectivity index (χ0) is 20.9. The average Bonchev–Trinajstić information content (AvgIpc) is 3.52. The molecule has 0 saturated carbocycles.